The molecule has 1 aromatic heterocycles. The van der Waals surface area contributed by atoms with Crippen LogP contribution in [0.15, 0.2) is 10.4 Å². The molecular weight excluding hydrogens is 445 g/mol. The Morgan fingerprint density at radius 2 is 2.20 bits per heavy atom. The highest BCUT2D eigenvalue weighted by molar-refractivity contribution is 14.0. The number of hydrogen-bond acceptors (Lipinski definition) is 4. The monoisotopic (exact) mass is 479 g/mol. The molecule has 0 amide bonds. The molecule has 0 aliphatic heterocycles. The first-order valence-electron chi connectivity index (χ1n) is 8.98. The van der Waals surface area contributed by atoms with E-state index < -0.39 is 0 Å². The maximum absolute atomic E-state index is 4.51. The third kappa shape index (κ3) is 6.67. The molecule has 1 heterocycles. The molecule has 1 aromatic rings. The molecule has 1 aliphatic rings. The number of guanidine groups is 1. The van der Waals surface area contributed by atoms with Crippen molar-refractivity contribution in [3.8, 4) is 0 Å². The molecule has 25 heavy (non-hydrogen) atoms. The van der Waals surface area contributed by atoms with E-state index in [0.29, 0.717) is 0 Å². The number of thiazole rings is 1. The summed E-state index contributed by atoms with van der Waals surface area (Å²) in [5.74, 6) is 1.69. The lowest BCUT2D eigenvalue weighted by molar-refractivity contribution is 0.0796. The molecule has 5 nitrogen and oxygen atoms in total. The summed E-state index contributed by atoms with van der Waals surface area (Å²) in [6.45, 7) is 6.22. The average molecular weight is 479 g/mol. The van der Waals surface area contributed by atoms with E-state index in [2.05, 4.69) is 51.9 Å². The maximum atomic E-state index is 4.51. The van der Waals surface area contributed by atoms with Gasteiger partial charge in [-0.2, -0.15) is 0 Å². The van der Waals surface area contributed by atoms with Crippen LogP contribution in [0.5, 0.6) is 0 Å². The fourth-order valence-corrected chi connectivity index (χ4v) is 4.31. The largest absolute Gasteiger partial charge is 0.356 e. The Morgan fingerprint density at radius 3 is 2.76 bits per heavy atom. The van der Waals surface area contributed by atoms with Crippen molar-refractivity contribution in [2.24, 2.45) is 10.9 Å². The summed E-state index contributed by atoms with van der Waals surface area (Å²) >= 11 is 1.71. The van der Waals surface area contributed by atoms with Crippen LogP contribution in [0.2, 0.25) is 0 Å². The predicted octanol–water partition coefficient (Wildman–Crippen LogP) is 3.29. The van der Waals surface area contributed by atoms with E-state index in [-0.39, 0.29) is 29.5 Å². The van der Waals surface area contributed by atoms with Crippen LogP contribution in [-0.4, -0.2) is 55.6 Å². The van der Waals surface area contributed by atoms with Crippen molar-refractivity contribution in [3.05, 3.63) is 16.1 Å². The average Bonchev–Trinajstić information content (AvgIpc) is 2.96. The van der Waals surface area contributed by atoms with Gasteiger partial charge in [0.25, 0.3) is 0 Å². The molecule has 2 unspecified atom stereocenters. The molecule has 2 N–H and O–H groups in total. The van der Waals surface area contributed by atoms with Gasteiger partial charge in [0.05, 0.1) is 10.7 Å². The molecule has 0 aromatic carbocycles. The molecule has 2 atom stereocenters. The number of rotatable bonds is 6. The van der Waals surface area contributed by atoms with E-state index in [1.165, 1.54) is 25.7 Å². The quantitative estimate of drug-likeness (QED) is 0.374. The summed E-state index contributed by atoms with van der Waals surface area (Å²) in [6.07, 6.45) is 6.11. The van der Waals surface area contributed by atoms with Gasteiger partial charge in [-0.1, -0.05) is 19.8 Å². The topological polar surface area (TPSA) is 52.6 Å². The predicted molar refractivity (Wildman–Crippen MR) is 119 cm³/mol. The van der Waals surface area contributed by atoms with Gasteiger partial charge in [0.1, 0.15) is 0 Å². The molecule has 2 rings (SSSR count). The molecule has 1 fully saturated rings. The van der Waals surface area contributed by atoms with Gasteiger partial charge in [-0.3, -0.25) is 4.99 Å². The lowest BCUT2D eigenvalue weighted by atomic mass is 9.75. The van der Waals surface area contributed by atoms with Crippen molar-refractivity contribution in [1.82, 2.24) is 20.5 Å². The van der Waals surface area contributed by atoms with Crippen molar-refractivity contribution >= 4 is 41.3 Å². The van der Waals surface area contributed by atoms with Crippen LogP contribution in [0.25, 0.3) is 0 Å². The van der Waals surface area contributed by atoms with Crippen molar-refractivity contribution in [2.75, 3.05) is 34.2 Å². The summed E-state index contributed by atoms with van der Waals surface area (Å²) in [4.78, 5) is 11.3. The highest BCUT2D eigenvalue weighted by Gasteiger charge is 2.36. The molecule has 1 saturated carbocycles. The standard InChI is InChI=1S/C18H33N5S.HI/c1-14-7-6-9-18(11-14,23(4)5)13-21-17(19-3)20-10-8-16-12-24-15(2)22-16;/h12,14H,6-11,13H2,1-5H3,(H2,19,20,21);1H. The number of nitrogens with one attached hydrogen (secondary N) is 2. The van der Waals surface area contributed by atoms with Crippen LogP contribution < -0.4 is 10.6 Å². The number of aliphatic imine (C=N–C) groups is 1. The third-order valence-corrected chi connectivity index (χ3v) is 5.99. The number of nitrogens with zero attached hydrogens (tertiary/aromatic N) is 3. The molecular formula is C18H34IN5S. The van der Waals surface area contributed by atoms with Crippen LogP contribution in [0.1, 0.15) is 43.3 Å². The minimum Gasteiger partial charge on any atom is -0.356 e. The Labute approximate surface area is 174 Å². The van der Waals surface area contributed by atoms with Gasteiger partial charge in [-0.15, -0.1) is 35.3 Å². The molecule has 0 bridgehead atoms. The highest BCUT2D eigenvalue weighted by Crippen LogP contribution is 2.35. The Hall–Kier alpha value is -0.410. The Balaban J connectivity index is 0.00000312. The summed E-state index contributed by atoms with van der Waals surface area (Å²) in [6, 6.07) is 0. The molecule has 1 aliphatic carbocycles. The molecule has 7 heteroatoms. The minimum absolute atomic E-state index is 0. The van der Waals surface area contributed by atoms with Crippen molar-refractivity contribution in [3.63, 3.8) is 0 Å². The second-order valence-electron chi connectivity index (χ2n) is 7.28. The van der Waals surface area contributed by atoms with E-state index in [0.717, 1.165) is 42.1 Å². The Morgan fingerprint density at radius 1 is 1.44 bits per heavy atom. The second kappa shape index (κ2) is 10.7. The van der Waals surface area contributed by atoms with Crippen molar-refractivity contribution in [1.29, 1.82) is 0 Å². The van der Waals surface area contributed by atoms with Crippen LogP contribution in [0.3, 0.4) is 0 Å². The number of likely N-dealkylation sites (N-methyl/N-ethyl adjacent to an activating group) is 1. The van der Waals surface area contributed by atoms with Gasteiger partial charge < -0.3 is 15.5 Å². The van der Waals surface area contributed by atoms with Crippen LogP contribution >= 0.6 is 35.3 Å². The van der Waals surface area contributed by atoms with E-state index in [1.807, 2.05) is 14.0 Å². The van der Waals surface area contributed by atoms with Gasteiger partial charge in [0.2, 0.25) is 0 Å². The van der Waals surface area contributed by atoms with Crippen LogP contribution in [-0.2, 0) is 6.42 Å². The number of aryl methyl sites for hydroxylation is 1. The first-order valence-corrected chi connectivity index (χ1v) is 9.86. The SMILES string of the molecule is CN=C(NCCc1csc(C)n1)NCC1(N(C)C)CCCC(C)C1.I. The number of hydrogen-bond donors (Lipinski definition) is 2. The van der Waals surface area contributed by atoms with Crippen LogP contribution in [0, 0.1) is 12.8 Å². The van der Waals surface area contributed by atoms with E-state index in [9.17, 15) is 0 Å². The zero-order valence-corrected chi connectivity index (χ0v) is 19.4. The lowest BCUT2D eigenvalue weighted by Crippen LogP contribution is -2.56. The van der Waals surface area contributed by atoms with Crippen LogP contribution in [0.4, 0.5) is 0 Å². The number of aromatic nitrogens is 1. The Kier molecular flexibility index (Phi) is 9.66. The summed E-state index contributed by atoms with van der Waals surface area (Å²) < 4.78 is 0. The first kappa shape index (κ1) is 22.6. The summed E-state index contributed by atoms with van der Waals surface area (Å²) in [7, 11) is 6.26. The number of halogens is 1. The normalized spacial score (nSPS) is 24.1. The molecule has 0 radical (unpaired) electrons. The van der Waals surface area contributed by atoms with E-state index in [4.69, 9.17) is 0 Å². The smallest absolute Gasteiger partial charge is 0.191 e. The fraction of sp³-hybridized carbons (Fsp3) is 0.778. The van der Waals surface area contributed by atoms with Crippen molar-refractivity contribution < 1.29 is 0 Å². The van der Waals surface area contributed by atoms with Gasteiger partial charge in [0, 0.05) is 37.5 Å². The second-order valence-corrected chi connectivity index (χ2v) is 8.34. The van der Waals surface area contributed by atoms with Gasteiger partial charge >= 0.3 is 0 Å². The Bertz CT molecular complexity index is 545. The van der Waals surface area contributed by atoms with Gasteiger partial charge in [-0.05, 0) is 39.8 Å². The molecule has 0 saturated heterocycles. The lowest BCUT2D eigenvalue weighted by Gasteiger charge is -2.45. The summed E-state index contributed by atoms with van der Waals surface area (Å²) in [5.41, 5.74) is 1.40. The van der Waals surface area contributed by atoms with Gasteiger partial charge in [-0.25, -0.2) is 4.98 Å². The van der Waals surface area contributed by atoms with E-state index >= 15 is 0 Å². The van der Waals surface area contributed by atoms with Crippen molar-refractivity contribution in [2.45, 2.75) is 51.5 Å². The van der Waals surface area contributed by atoms with E-state index in [1.54, 1.807) is 11.3 Å². The fourth-order valence-electron chi connectivity index (χ4n) is 3.66. The molecule has 0 spiro atoms. The zero-order valence-electron chi connectivity index (χ0n) is 16.3. The van der Waals surface area contributed by atoms with Gasteiger partial charge in [0.15, 0.2) is 5.96 Å². The molecule has 144 valence electrons. The maximum Gasteiger partial charge on any atom is 0.191 e. The third-order valence-electron chi connectivity index (χ3n) is 5.16. The first-order chi connectivity index (χ1) is 11.4. The zero-order chi connectivity index (χ0) is 17.6. The minimum atomic E-state index is 0. The summed E-state index contributed by atoms with van der Waals surface area (Å²) in [5, 5.41) is 10.2. The highest BCUT2D eigenvalue weighted by atomic mass is 127.